The first kappa shape index (κ1) is 13.2. The maximum Gasteiger partial charge on any atom is 0.314 e. The van der Waals surface area contributed by atoms with Crippen molar-refractivity contribution in [3.8, 4) is 11.4 Å². The number of carbonyl (C=O) groups is 1. The number of benzene rings is 1. The number of carboxylic acid groups (broad SMARTS) is 1. The van der Waals surface area contributed by atoms with Crippen LogP contribution in [0.15, 0.2) is 24.3 Å². The summed E-state index contributed by atoms with van der Waals surface area (Å²) in [6.45, 7) is 0.576. The topological polar surface area (TPSA) is 111 Å². The Bertz CT molecular complexity index is 725. The summed E-state index contributed by atoms with van der Waals surface area (Å²) in [6.07, 6.45) is 1.20. The van der Waals surface area contributed by atoms with Gasteiger partial charge in [0.1, 0.15) is 11.7 Å². The van der Waals surface area contributed by atoms with Crippen LogP contribution in [-0.4, -0.2) is 30.8 Å². The van der Waals surface area contributed by atoms with Crippen molar-refractivity contribution in [2.24, 2.45) is 0 Å². The Kier molecular flexibility index (Phi) is 3.13. The average Bonchev–Trinajstić information content (AvgIpc) is 2.90. The molecule has 0 amide bonds. The van der Waals surface area contributed by atoms with E-state index < -0.39 is 16.8 Å². The summed E-state index contributed by atoms with van der Waals surface area (Å²) in [4.78, 5) is 26.0. The van der Waals surface area contributed by atoms with Crippen LogP contribution >= 0.6 is 0 Å². The number of hydrogen-bond donors (Lipinski definition) is 1. The monoisotopic (exact) mass is 288 g/mol. The maximum atomic E-state index is 11.2. The van der Waals surface area contributed by atoms with Gasteiger partial charge in [0, 0.05) is 12.6 Å². The number of aromatic nitrogens is 3. The van der Waals surface area contributed by atoms with Crippen LogP contribution in [0.25, 0.3) is 11.4 Å². The second-order valence-electron chi connectivity index (χ2n) is 4.82. The molecule has 1 N–H and O–H groups in total. The molecule has 1 aliphatic rings. The lowest BCUT2D eigenvalue weighted by molar-refractivity contribution is -0.384. The minimum absolute atomic E-state index is 0.0904. The molecule has 0 aliphatic carbocycles. The predicted octanol–water partition coefficient (Wildman–Crippen LogP) is 1.82. The highest BCUT2D eigenvalue weighted by molar-refractivity contribution is 5.75. The van der Waals surface area contributed by atoms with E-state index >= 15 is 0 Å². The lowest BCUT2D eigenvalue weighted by Gasteiger charge is -2.17. The quantitative estimate of drug-likeness (QED) is 0.681. The molecule has 108 valence electrons. The van der Waals surface area contributed by atoms with Crippen LogP contribution in [0, 0.1) is 10.1 Å². The van der Waals surface area contributed by atoms with Gasteiger partial charge >= 0.3 is 5.97 Å². The van der Waals surface area contributed by atoms with Gasteiger partial charge in [0.25, 0.3) is 5.69 Å². The van der Waals surface area contributed by atoms with Crippen molar-refractivity contribution < 1.29 is 14.8 Å². The summed E-state index contributed by atoms with van der Waals surface area (Å²) < 4.78 is 1.54. The zero-order valence-electron chi connectivity index (χ0n) is 11.0. The van der Waals surface area contributed by atoms with Crippen molar-refractivity contribution in [1.82, 2.24) is 14.8 Å². The number of aliphatic carboxylic acids is 1. The van der Waals surface area contributed by atoms with Gasteiger partial charge in [0.2, 0.25) is 0 Å². The fourth-order valence-corrected chi connectivity index (χ4v) is 2.52. The van der Waals surface area contributed by atoms with Gasteiger partial charge in [-0.25, -0.2) is 9.67 Å². The van der Waals surface area contributed by atoms with Gasteiger partial charge in [-0.05, 0) is 18.9 Å². The van der Waals surface area contributed by atoms with Crippen LogP contribution in [0.3, 0.4) is 0 Å². The molecule has 0 saturated carbocycles. The number of carboxylic acids is 1. The Hall–Kier alpha value is -2.77. The van der Waals surface area contributed by atoms with Crippen molar-refractivity contribution in [2.45, 2.75) is 25.3 Å². The third-order valence-corrected chi connectivity index (χ3v) is 3.51. The Morgan fingerprint density at radius 3 is 2.90 bits per heavy atom. The van der Waals surface area contributed by atoms with Crippen molar-refractivity contribution in [1.29, 1.82) is 0 Å². The molecule has 0 fully saturated rings. The highest BCUT2D eigenvalue weighted by Crippen LogP contribution is 2.31. The molecule has 0 bridgehead atoms. The zero-order chi connectivity index (χ0) is 15.0. The average molecular weight is 288 g/mol. The second-order valence-corrected chi connectivity index (χ2v) is 4.82. The van der Waals surface area contributed by atoms with E-state index in [1.807, 2.05) is 0 Å². The standard InChI is InChI=1S/C13H12N4O4/c18-13(19)9-5-3-7-16-12(9)14-11(15-16)8-4-1-2-6-10(8)17(20)21/h1-2,4,6,9H,3,5,7H2,(H,18,19). The molecule has 3 rings (SSSR count). The first-order valence-corrected chi connectivity index (χ1v) is 6.49. The molecule has 0 spiro atoms. The SMILES string of the molecule is O=C(O)C1CCCn2nc(-c3ccccc3[N+](=O)[O-])nc21. The molecule has 1 aromatic carbocycles. The summed E-state index contributed by atoms with van der Waals surface area (Å²) in [5.41, 5.74) is 0.209. The Morgan fingerprint density at radius 2 is 2.19 bits per heavy atom. The van der Waals surface area contributed by atoms with Gasteiger partial charge < -0.3 is 5.11 Å². The number of nitrogens with zero attached hydrogens (tertiary/aromatic N) is 4. The largest absolute Gasteiger partial charge is 0.481 e. The minimum atomic E-state index is -0.947. The second kappa shape index (κ2) is 4.97. The molecule has 8 heteroatoms. The molecule has 1 aliphatic heterocycles. The van der Waals surface area contributed by atoms with Crippen LogP contribution < -0.4 is 0 Å². The summed E-state index contributed by atoms with van der Waals surface area (Å²) in [6, 6.07) is 6.17. The van der Waals surface area contributed by atoms with Crippen molar-refractivity contribution in [3.05, 3.63) is 40.2 Å². The molecule has 1 aromatic heterocycles. The lowest BCUT2D eigenvalue weighted by Crippen LogP contribution is -2.22. The Labute approximate surface area is 119 Å². The molecule has 1 atom stereocenters. The lowest BCUT2D eigenvalue weighted by atomic mass is 10.00. The van der Waals surface area contributed by atoms with Gasteiger partial charge in [-0.15, -0.1) is 0 Å². The van der Waals surface area contributed by atoms with E-state index in [0.29, 0.717) is 30.8 Å². The fourth-order valence-electron chi connectivity index (χ4n) is 2.52. The molecule has 2 heterocycles. The minimum Gasteiger partial charge on any atom is -0.481 e. The number of para-hydroxylation sites is 1. The summed E-state index contributed by atoms with van der Waals surface area (Å²) in [5, 5.41) is 24.5. The van der Waals surface area contributed by atoms with Crippen LogP contribution in [0.4, 0.5) is 5.69 Å². The number of rotatable bonds is 3. The van der Waals surface area contributed by atoms with E-state index in [1.165, 1.54) is 10.7 Å². The van der Waals surface area contributed by atoms with Gasteiger partial charge in [-0.3, -0.25) is 14.9 Å². The Morgan fingerprint density at radius 1 is 1.43 bits per heavy atom. The predicted molar refractivity (Wildman–Crippen MR) is 71.7 cm³/mol. The van der Waals surface area contributed by atoms with Crippen LogP contribution in [0.1, 0.15) is 24.6 Å². The summed E-state index contributed by atoms with van der Waals surface area (Å²) in [7, 11) is 0. The van der Waals surface area contributed by atoms with Crippen molar-refractivity contribution >= 4 is 11.7 Å². The van der Waals surface area contributed by atoms with Gasteiger partial charge in [-0.2, -0.15) is 5.10 Å². The molecule has 8 nitrogen and oxygen atoms in total. The van der Waals surface area contributed by atoms with E-state index in [0.717, 1.165) is 0 Å². The number of hydrogen-bond acceptors (Lipinski definition) is 5. The number of aryl methyl sites for hydroxylation is 1. The first-order chi connectivity index (χ1) is 10.1. The van der Waals surface area contributed by atoms with Crippen LogP contribution in [0.2, 0.25) is 0 Å². The van der Waals surface area contributed by atoms with E-state index in [1.54, 1.807) is 18.2 Å². The van der Waals surface area contributed by atoms with Crippen molar-refractivity contribution in [3.63, 3.8) is 0 Å². The molecular formula is C13H12N4O4. The molecule has 0 radical (unpaired) electrons. The highest BCUT2D eigenvalue weighted by Gasteiger charge is 2.31. The van der Waals surface area contributed by atoms with Gasteiger partial charge in [0.05, 0.1) is 10.5 Å². The van der Waals surface area contributed by atoms with Crippen LogP contribution in [0.5, 0.6) is 0 Å². The third kappa shape index (κ3) is 2.24. The summed E-state index contributed by atoms with van der Waals surface area (Å²) >= 11 is 0. The zero-order valence-corrected chi connectivity index (χ0v) is 11.0. The van der Waals surface area contributed by atoms with Gasteiger partial charge in [-0.1, -0.05) is 12.1 Å². The van der Waals surface area contributed by atoms with E-state index in [4.69, 9.17) is 0 Å². The molecular weight excluding hydrogens is 276 g/mol. The smallest absolute Gasteiger partial charge is 0.314 e. The van der Waals surface area contributed by atoms with Crippen molar-refractivity contribution in [2.75, 3.05) is 0 Å². The highest BCUT2D eigenvalue weighted by atomic mass is 16.6. The molecule has 0 saturated heterocycles. The Balaban J connectivity index is 2.10. The maximum absolute atomic E-state index is 11.2. The molecule has 1 unspecified atom stereocenters. The number of fused-ring (bicyclic) bond motifs is 1. The molecule has 21 heavy (non-hydrogen) atoms. The number of nitro groups is 1. The van der Waals surface area contributed by atoms with E-state index in [9.17, 15) is 20.0 Å². The van der Waals surface area contributed by atoms with Gasteiger partial charge in [0.15, 0.2) is 5.82 Å². The van der Waals surface area contributed by atoms with E-state index in [2.05, 4.69) is 10.1 Å². The fraction of sp³-hybridized carbons (Fsp3) is 0.308. The summed E-state index contributed by atoms with van der Waals surface area (Å²) in [5.74, 6) is -1.09. The number of nitro benzene ring substituents is 1. The normalized spacial score (nSPS) is 17.2. The third-order valence-electron chi connectivity index (χ3n) is 3.51. The van der Waals surface area contributed by atoms with Crippen LogP contribution in [-0.2, 0) is 11.3 Å². The molecule has 2 aromatic rings. The first-order valence-electron chi connectivity index (χ1n) is 6.49. The van der Waals surface area contributed by atoms with E-state index in [-0.39, 0.29) is 11.5 Å².